The summed E-state index contributed by atoms with van der Waals surface area (Å²) in [4.78, 5) is 0. The third-order valence-electron chi connectivity index (χ3n) is 2.28. The molecule has 1 saturated heterocycles. The molecule has 1 heterocycles. The molecule has 0 unspecified atom stereocenters. The van der Waals surface area contributed by atoms with E-state index in [9.17, 15) is 5.11 Å². The number of phenols is 1. The minimum Gasteiger partial charge on any atom is -0.504 e. The molecule has 0 spiro atoms. The lowest BCUT2D eigenvalue weighted by molar-refractivity contribution is 0.141. The largest absolute Gasteiger partial charge is 0.504 e. The van der Waals surface area contributed by atoms with Crippen LogP contribution in [0.2, 0.25) is 0 Å². The number of ether oxygens (including phenoxy) is 2. The van der Waals surface area contributed by atoms with Gasteiger partial charge < -0.3 is 19.9 Å². The molecule has 0 aliphatic carbocycles. The summed E-state index contributed by atoms with van der Waals surface area (Å²) in [7, 11) is 0. The Kier molecular flexibility index (Phi) is 2.97. The van der Waals surface area contributed by atoms with E-state index < -0.39 is 0 Å². The van der Waals surface area contributed by atoms with Gasteiger partial charge in [0.15, 0.2) is 11.5 Å². The van der Waals surface area contributed by atoms with Gasteiger partial charge in [0.05, 0.1) is 6.61 Å². The first-order valence-corrected chi connectivity index (χ1v) is 5.12. The van der Waals surface area contributed by atoms with Crippen LogP contribution < -0.4 is 14.8 Å². The van der Waals surface area contributed by atoms with Gasteiger partial charge in [-0.2, -0.15) is 0 Å². The molecule has 4 heteroatoms. The van der Waals surface area contributed by atoms with E-state index in [4.69, 9.17) is 9.47 Å². The van der Waals surface area contributed by atoms with E-state index in [-0.39, 0.29) is 11.9 Å². The SMILES string of the molecule is CCOc1cc(OC2CNC2)ccc1O. The van der Waals surface area contributed by atoms with Crippen molar-refractivity contribution >= 4 is 0 Å². The van der Waals surface area contributed by atoms with E-state index in [0.717, 1.165) is 18.8 Å². The zero-order chi connectivity index (χ0) is 10.7. The van der Waals surface area contributed by atoms with Gasteiger partial charge in [-0.05, 0) is 19.1 Å². The van der Waals surface area contributed by atoms with Gasteiger partial charge in [0.2, 0.25) is 0 Å². The second-order valence-corrected chi connectivity index (χ2v) is 3.46. The summed E-state index contributed by atoms with van der Waals surface area (Å²) >= 11 is 0. The first-order valence-electron chi connectivity index (χ1n) is 5.12. The Bertz CT molecular complexity index is 337. The number of aromatic hydroxyl groups is 1. The van der Waals surface area contributed by atoms with Crippen molar-refractivity contribution in [3.05, 3.63) is 18.2 Å². The Morgan fingerprint density at radius 2 is 2.27 bits per heavy atom. The van der Waals surface area contributed by atoms with Crippen LogP contribution >= 0.6 is 0 Å². The number of hydrogen-bond acceptors (Lipinski definition) is 4. The predicted octanol–water partition coefficient (Wildman–Crippen LogP) is 1.14. The quantitative estimate of drug-likeness (QED) is 0.780. The molecular formula is C11H15NO3. The highest BCUT2D eigenvalue weighted by Crippen LogP contribution is 2.30. The van der Waals surface area contributed by atoms with Crippen molar-refractivity contribution in [2.24, 2.45) is 0 Å². The molecule has 2 rings (SSSR count). The number of nitrogens with one attached hydrogen (secondary N) is 1. The van der Waals surface area contributed by atoms with Crippen LogP contribution in [-0.2, 0) is 0 Å². The van der Waals surface area contributed by atoms with Gasteiger partial charge in [-0.25, -0.2) is 0 Å². The number of benzene rings is 1. The van der Waals surface area contributed by atoms with E-state index in [1.165, 1.54) is 0 Å². The van der Waals surface area contributed by atoms with Gasteiger partial charge in [0.25, 0.3) is 0 Å². The fourth-order valence-electron chi connectivity index (χ4n) is 1.38. The van der Waals surface area contributed by atoms with Crippen molar-refractivity contribution in [1.29, 1.82) is 0 Å². The van der Waals surface area contributed by atoms with Gasteiger partial charge in [-0.1, -0.05) is 0 Å². The molecule has 0 radical (unpaired) electrons. The Hall–Kier alpha value is -1.42. The third-order valence-corrected chi connectivity index (χ3v) is 2.28. The maximum absolute atomic E-state index is 9.48. The summed E-state index contributed by atoms with van der Waals surface area (Å²) in [6, 6.07) is 5.06. The molecule has 1 aliphatic rings. The number of phenolic OH excluding ortho intramolecular Hbond substituents is 1. The maximum atomic E-state index is 9.48. The lowest BCUT2D eigenvalue weighted by atomic mass is 10.2. The second-order valence-electron chi connectivity index (χ2n) is 3.46. The highest BCUT2D eigenvalue weighted by atomic mass is 16.5. The molecule has 2 N–H and O–H groups in total. The summed E-state index contributed by atoms with van der Waals surface area (Å²) in [6.45, 7) is 4.17. The van der Waals surface area contributed by atoms with Crippen molar-refractivity contribution in [2.75, 3.05) is 19.7 Å². The molecule has 4 nitrogen and oxygen atoms in total. The monoisotopic (exact) mass is 209 g/mol. The maximum Gasteiger partial charge on any atom is 0.164 e. The molecule has 15 heavy (non-hydrogen) atoms. The summed E-state index contributed by atoms with van der Waals surface area (Å²) in [6.07, 6.45) is 0.240. The molecular weight excluding hydrogens is 194 g/mol. The van der Waals surface area contributed by atoms with Crippen LogP contribution in [0.4, 0.5) is 0 Å². The van der Waals surface area contributed by atoms with E-state index >= 15 is 0 Å². The smallest absolute Gasteiger partial charge is 0.164 e. The van der Waals surface area contributed by atoms with Crippen molar-refractivity contribution in [1.82, 2.24) is 5.32 Å². The zero-order valence-corrected chi connectivity index (χ0v) is 8.69. The summed E-state index contributed by atoms with van der Waals surface area (Å²) in [5, 5.41) is 12.6. The normalized spacial score (nSPS) is 15.8. The molecule has 1 fully saturated rings. The van der Waals surface area contributed by atoms with Crippen LogP contribution in [0.15, 0.2) is 18.2 Å². The van der Waals surface area contributed by atoms with Gasteiger partial charge >= 0.3 is 0 Å². The van der Waals surface area contributed by atoms with Crippen molar-refractivity contribution in [2.45, 2.75) is 13.0 Å². The first kappa shape index (κ1) is 10.1. The number of hydrogen-bond donors (Lipinski definition) is 2. The Balaban J connectivity index is 2.06. The molecule has 0 atom stereocenters. The van der Waals surface area contributed by atoms with E-state index in [0.29, 0.717) is 12.4 Å². The number of rotatable bonds is 4. The Morgan fingerprint density at radius 3 is 2.87 bits per heavy atom. The van der Waals surface area contributed by atoms with Gasteiger partial charge in [-0.15, -0.1) is 0 Å². The fourth-order valence-corrected chi connectivity index (χ4v) is 1.38. The van der Waals surface area contributed by atoms with Crippen molar-refractivity contribution in [3.63, 3.8) is 0 Å². The first-order chi connectivity index (χ1) is 7.29. The van der Waals surface area contributed by atoms with Crippen LogP contribution in [0, 0.1) is 0 Å². The molecule has 1 aromatic rings. The van der Waals surface area contributed by atoms with Crippen molar-refractivity contribution in [3.8, 4) is 17.2 Å². The molecule has 0 aromatic heterocycles. The fraction of sp³-hybridized carbons (Fsp3) is 0.455. The van der Waals surface area contributed by atoms with E-state index in [1.54, 1.807) is 18.2 Å². The minimum atomic E-state index is 0.149. The van der Waals surface area contributed by atoms with Crippen molar-refractivity contribution < 1.29 is 14.6 Å². The average molecular weight is 209 g/mol. The van der Waals surface area contributed by atoms with Crippen LogP contribution in [0.1, 0.15) is 6.92 Å². The Morgan fingerprint density at radius 1 is 1.47 bits per heavy atom. The molecule has 1 aliphatic heterocycles. The second kappa shape index (κ2) is 4.40. The Labute approximate surface area is 88.8 Å². The molecule has 0 bridgehead atoms. The zero-order valence-electron chi connectivity index (χ0n) is 8.69. The van der Waals surface area contributed by atoms with Crippen LogP contribution in [0.25, 0.3) is 0 Å². The molecule has 82 valence electrons. The summed E-state index contributed by atoms with van der Waals surface area (Å²) in [5.41, 5.74) is 0. The highest BCUT2D eigenvalue weighted by molar-refractivity contribution is 5.44. The molecule has 0 saturated carbocycles. The van der Waals surface area contributed by atoms with Crippen LogP contribution in [0.3, 0.4) is 0 Å². The van der Waals surface area contributed by atoms with Crippen LogP contribution in [-0.4, -0.2) is 30.9 Å². The van der Waals surface area contributed by atoms with E-state index in [2.05, 4.69) is 5.32 Å². The average Bonchev–Trinajstić information content (AvgIpc) is 2.17. The van der Waals surface area contributed by atoms with Gasteiger partial charge in [0.1, 0.15) is 11.9 Å². The summed E-state index contributed by atoms with van der Waals surface area (Å²) in [5.74, 6) is 1.36. The van der Waals surface area contributed by atoms with Gasteiger partial charge in [-0.3, -0.25) is 0 Å². The predicted molar refractivity (Wildman–Crippen MR) is 56.6 cm³/mol. The van der Waals surface area contributed by atoms with E-state index in [1.807, 2.05) is 6.92 Å². The summed E-state index contributed by atoms with van der Waals surface area (Å²) < 4.78 is 10.9. The topological polar surface area (TPSA) is 50.7 Å². The highest BCUT2D eigenvalue weighted by Gasteiger charge is 2.18. The van der Waals surface area contributed by atoms with Crippen LogP contribution in [0.5, 0.6) is 17.2 Å². The van der Waals surface area contributed by atoms with Gasteiger partial charge in [0, 0.05) is 19.2 Å². The lowest BCUT2D eigenvalue weighted by Gasteiger charge is -2.27. The minimum absolute atomic E-state index is 0.149. The molecule has 1 aromatic carbocycles. The standard InChI is InChI=1S/C11H15NO3/c1-2-14-11-5-8(3-4-10(11)13)15-9-6-12-7-9/h3-5,9,12-13H,2,6-7H2,1H3. The third kappa shape index (κ3) is 2.33. The molecule has 0 amide bonds. The lowest BCUT2D eigenvalue weighted by Crippen LogP contribution is -2.50.